The molecule has 0 rings (SSSR count). The van der Waals surface area contributed by atoms with Gasteiger partial charge in [0.05, 0.1) is 6.07 Å². The molecular formula is C10H20N2. The lowest BCUT2D eigenvalue weighted by Crippen LogP contribution is -2.28. The van der Waals surface area contributed by atoms with E-state index in [9.17, 15) is 0 Å². The summed E-state index contributed by atoms with van der Waals surface area (Å²) in [6.07, 6.45) is 5.35. The van der Waals surface area contributed by atoms with Crippen LogP contribution in [0.1, 0.15) is 46.0 Å². The Labute approximate surface area is 76.0 Å². The smallest absolute Gasteiger partial charge is 0.0622 e. The molecule has 0 aromatic rings. The molecule has 0 saturated heterocycles. The van der Waals surface area contributed by atoms with Crippen LogP contribution in [0.4, 0.5) is 0 Å². The fourth-order valence-electron chi connectivity index (χ4n) is 1.27. The van der Waals surface area contributed by atoms with Gasteiger partial charge in [-0.25, -0.2) is 0 Å². The molecule has 2 nitrogen and oxygen atoms in total. The van der Waals surface area contributed by atoms with Crippen LogP contribution in [0, 0.1) is 11.3 Å². The first kappa shape index (κ1) is 11.4. The first-order valence-corrected chi connectivity index (χ1v) is 4.95. The zero-order valence-corrected chi connectivity index (χ0v) is 8.27. The minimum absolute atomic E-state index is 0.661. The molecule has 0 aliphatic rings. The summed E-state index contributed by atoms with van der Waals surface area (Å²) in [6.45, 7) is 5.41. The maximum absolute atomic E-state index is 8.31. The molecule has 0 fully saturated rings. The van der Waals surface area contributed by atoms with Crippen LogP contribution in [0.2, 0.25) is 0 Å². The van der Waals surface area contributed by atoms with Gasteiger partial charge in [-0.2, -0.15) is 5.26 Å². The summed E-state index contributed by atoms with van der Waals surface area (Å²) in [4.78, 5) is 0. The van der Waals surface area contributed by atoms with Gasteiger partial charge in [-0.3, -0.25) is 0 Å². The monoisotopic (exact) mass is 168 g/mol. The summed E-state index contributed by atoms with van der Waals surface area (Å²) in [5.41, 5.74) is 0. The molecule has 0 saturated carbocycles. The molecule has 0 bridgehead atoms. The summed E-state index contributed by atoms with van der Waals surface area (Å²) >= 11 is 0. The molecule has 0 amide bonds. The lowest BCUT2D eigenvalue weighted by molar-refractivity contribution is 0.460. The number of hydrogen-bond donors (Lipinski definition) is 1. The van der Waals surface area contributed by atoms with Crippen molar-refractivity contribution in [2.75, 3.05) is 6.54 Å². The first-order valence-electron chi connectivity index (χ1n) is 4.95. The third kappa shape index (κ3) is 6.18. The molecule has 12 heavy (non-hydrogen) atoms. The summed E-state index contributed by atoms with van der Waals surface area (Å²) < 4.78 is 0. The molecule has 0 aromatic carbocycles. The molecule has 0 spiro atoms. The topological polar surface area (TPSA) is 35.8 Å². The lowest BCUT2D eigenvalue weighted by atomic mass is 10.1. The Morgan fingerprint density at radius 1 is 1.42 bits per heavy atom. The highest BCUT2D eigenvalue weighted by Gasteiger charge is 2.01. The van der Waals surface area contributed by atoms with E-state index >= 15 is 0 Å². The van der Waals surface area contributed by atoms with Gasteiger partial charge in [0, 0.05) is 12.5 Å². The van der Waals surface area contributed by atoms with Gasteiger partial charge in [0.1, 0.15) is 0 Å². The second-order valence-electron chi connectivity index (χ2n) is 3.11. The van der Waals surface area contributed by atoms with E-state index in [0.717, 1.165) is 13.0 Å². The fraction of sp³-hybridized carbons (Fsp3) is 0.900. The van der Waals surface area contributed by atoms with E-state index in [-0.39, 0.29) is 0 Å². The van der Waals surface area contributed by atoms with Crippen LogP contribution >= 0.6 is 0 Å². The average Bonchev–Trinajstić information content (AvgIpc) is 2.10. The minimum Gasteiger partial charge on any atom is -0.314 e. The van der Waals surface area contributed by atoms with Gasteiger partial charge in [-0.05, 0) is 25.8 Å². The third-order valence-corrected chi connectivity index (χ3v) is 2.03. The van der Waals surface area contributed by atoms with Gasteiger partial charge in [-0.1, -0.05) is 20.3 Å². The standard InChI is InChI=1S/C10H20N2/c1-3-7-10(4-2)12-9-6-5-8-11/h10,12H,3-7,9H2,1-2H3. The second-order valence-corrected chi connectivity index (χ2v) is 3.11. The normalized spacial score (nSPS) is 12.4. The van der Waals surface area contributed by atoms with E-state index in [0.29, 0.717) is 12.5 Å². The van der Waals surface area contributed by atoms with Gasteiger partial charge < -0.3 is 5.32 Å². The summed E-state index contributed by atoms with van der Waals surface area (Å²) in [5, 5.41) is 11.8. The van der Waals surface area contributed by atoms with Crippen molar-refractivity contribution >= 4 is 0 Å². The van der Waals surface area contributed by atoms with Gasteiger partial charge in [0.15, 0.2) is 0 Å². The van der Waals surface area contributed by atoms with E-state index in [2.05, 4.69) is 25.2 Å². The van der Waals surface area contributed by atoms with E-state index in [1.807, 2.05) is 0 Å². The van der Waals surface area contributed by atoms with Gasteiger partial charge in [-0.15, -0.1) is 0 Å². The highest BCUT2D eigenvalue weighted by Crippen LogP contribution is 2.00. The summed E-state index contributed by atoms with van der Waals surface area (Å²) in [5.74, 6) is 0. The molecule has 0 aromatic heterocycles. The first-order chi connectivity index (χ1) is 5.85. The zero-order valence-electron chi connectivity index (χ0n) is 8.27. The van der Waals surface area contributed by atoms with Crippen LogP contribution in [0.3, 0.4) is 0 Å². The summed E-state index contributed by atoms with van der Waals surface area (Å²) in [7, 11) is 0. The SMILES string of the molecule is CCCC(CC)NCCCC#N. The largest absolute Gasteiger partial charge is 0.314 e. The number of unbranched alkanes of at least 4 members (excludes halogenated alkanes) is 1. The van der Waals surface area contributed by atoms with E-state index in [1.165, 1.54) is 19.3 Å². The predicted molar refractivity (Wildman–Crippen MR) is 51.8 cm³/mol. The van der Waals surface area contributed by atoms with Crippen molar-refractivity contribution in [3.8, 4) is 6.07 Å². The highest BCUT2D eigenvalue weighted by molar-refractivity contribution is 4.70. The van der Waals surface area contributed by atoms with Crippen LogP contribution in [0.15, 0.2) is 0 Å². The Bertz CT molecular complexity index is 126. The molecule has 70 valence electrons. The van der Waals surface area contributed by atoms with E-state index in [1.54, 1.807) is 0 Å². The molecular weight excluding hydrogens is 148 g/mol. The highest BCUT2D eigenvalue weighted by atomic mass is 14.9. The van der Waals surface area contributed by atoms with Crippen molar-refractivity contribution < 1.29 is 0 Å². The number of hydrogen-bond acceptors (Lipinski definition) is 2. The average molecular weight is 168 g/mol. The molecule has 0 aliphatic carbocycles. The van der Waals surface area contributed by atoms with Crippen molar-refractivity contribution in [2.45, 2.75) is 52.0 Å². The van der Waals surface area contributed by atoms with E-state index in [4.69, 9.17) is 5.26 Å². The lowest BCUT2D eigenvalue weighted by Gasteiger charge is -2.14. The Morgan fingerprint density at radius 3 is 2.67 bits per heavy atom. The van der Waals surface area contributed by atoms with Gasteiger partial charge in [0.25, 0.3) is 0 Å². The maximum Gasteiger partial charge on any atom is 0.0622 e. The Balaban J connectivity index is 3.26. The molecule has 1 N–H and O–H groups in total. The Kier molecular flexibility index (Phi) is 8.15. The van der Waals surface area contributed by atoms with Gasteiger partial charge >= 0.3 is 0 Å². The number of nitrogens with one attached hydrogen (secondary N) is 1. The third-order valence-electron chi connectivity index (χ3n) is 2.03. The minimum atomic E-state index is 0.661. The van der Waals surface area contributed by atoms with Crippen molar-refractivity contribution in [2.24, 2.45) is 0 Å². The van der Waals surface area contributed by atoms with Crippen molar-refractivity contribution in [1.29, 1.82) is 5.26 Å². The van der Waals surface area contributed by atoms with Crippen LogP contribution in [0.5, 0.6) is 0 Å². The van der Waals surface area contributed by atoms with Gasteiger partial charge in [0.2, 0.25) is 0 Å². The van der Waals surface area contributed by atoms with Crippen molar-refractivity contribution in [1.82, 2.24) is 5.32 Å². The molecule has 2 heteroatoms. The number of rotatable bonds is 7. The van der Waals surface area contributed by atoms with Crippen LogP contribution in [0.25, 0.3) is 0 Å². The van der Waals surface area contributed by atoms with Crippen LogP contribution in [-0.2, 0) is 0 Å². The zero-order chi connectivity index (χ0) is 9.23. The van der Waals surface area contributed by atoms with Crippen LogP contribution < -0.4 is 5.32 Å². The molecule has 0 radical (unpaired) electrons. The predicted octanol–water partition coefficient (Wildman–Crippen LogP) is 2.46. The second kappa shape index (κ2) is 8.55. The molecule has 1 unspecified atom stereocenters. The number of nitriles is 1. The fourth-order valence-corrected chi connectivity index (χ4v) is 1.27. The molecule has 1 atom stereocenters. The summed E-state index contributed by atoms with van der Waals surface area (Å²) in [6, 6.07) is 2.81. The van der Waals surface area contributed by atoms with Crippen molar-refractivity contribution in [3.05, 3.63) is 0 Å². The Morgan fingerprint density at radius 2 is 2.17 bits per heavy atom. The van der Waals surface area contributed by atoms with E-state index < -0.39 is 0 Å². The molecule has 0 heterocycles. The maximum atomic E-state index is 8.31. The quantitative estimate of drug-likeness (QED) is 0.593. The van der Waals surface area contributed by atoms with Crippen LogP contribution in [-0.4, -0.2) is 12.6 Å². The number of nitrogens with zero attached hydrogens (tertiary/aromatic N) is 1. The van der Waals surface area contributed by atoms with Crippen molar-refractivity contribution in [3.63, 3.8) is 0 Å². The Hall–Kier alpha value is -0.550. The molecule has 0 aliphatic heterocycles.